The number of halogens is 2. The number of pyridine rings is 1. The van der Waals surface area contributed by atoms with Crippen LogP contribution in [0.1, 0.15) is 22.7 Å². The number of hydrogen-bond acceptors (Lipinski definition) is 2. The van der Waals surface area contributed by atoms with E-state index >= 15 is 0 Å². The van der Waals surface area contributed by atoms with Crippen LogP contribution in [0.3, 0.4) is 0 Å². The van der Waals surface area contributed by atoms with Crippen LogP contribution in [0.4, 0.5) is 4.39 Å². The molecule has 0 aliphatic carbocycles. The second-order valence-corrected chi connectivity index (χ2v) is 5.20. The van der Waals surface area contributed by atoms with E-state index in [-0.39, 0.29) is 11.9 Å². The normalized spacial score (nSPS) is 12.4. The van der Waals surface area contributed by atoms with Gasteiger partial charge in [0.05, 0.1) is 0 Å². The summed E-state index contributed by atoms with van der Waals surface area (Å²) in [7, 11) is 0. The van der Waals surface area contributed by atoms with Gasteiger partial charge in [-0.1, -0.05) is 22.0 Å². The lowest BCUT2D eigenvalue weighted by atomic mass is 10.0. The Labute approximate surface area is 114 Å². The Kier molecular flexibility index (Phi) is 4.09. The molecule has 0 saturated heterocycles. The number of nitrogens with two attached hydrogens (primary N) is 1. The van der Waals surface area contributed by atoms with Crippen LogP contribution in [-0.2, 0) is 6.42 Å². The number of aryl methyl sites for hydroxylation is 1. The van der Waals surface area contributed by atoms with Gasteiger partial charge in [-0.3, -0.25) is 4.98 Å². The Balaban J connectivity index is 2.21. The predicted octanol–water partition coefficient (Wildman–Crippen LogP) is 3.53. The highest BCUT2D eigenvalue weighted by atomic mass is 79.9. The molecule has 2 nitrogen and oxygen atoms in total. The van der Waals surface area contributed by atoms with Gasteiger partial charge in [0.1, 0.15) is 5.82 Å². The van der Waals surface area contributed by atoms with Crippen LogP contribution < -0.4 is 5.73 Å². The average Bonchev–Trinajstić information content (AvgIpc) is 2.34. The standard InChI is InChI=1S/C14H14BrFN2/c1-9-4-11(8-18-7-9)14(17)6-10-5-12(16)2-3-13(10)15/h2-5,7-8,14H,6,17H2,1H3. The topological polar surface area (TPSA) is 38.9 Å². The van der Waals surface area contributed by atoms with Gasteiger partial charge in [-0.25, -0.2) is 4.39 Å². The van der Waals surface area contributed by atoms with Gasteiger partial charge < -0.3 is 5.73 Å². The third kappa shape index (κ3) is 3.15. The Hall–Kier alpha value is -1.26. The van der Waals surface area contributed by atoms with Crippen molar-refractivity contribution in [1.82, 2.24) is 4.98 Å². The Bertz CT molecular complexity index is 557. The summed E-state index contributed by atoms with van der Waals surface area (Å²) in [5, 5.41) is 0. The van der Waals surface area contributed by atoms with Crippen molar-refractivity contribution in [2.24, 2.45) is 5.73 Å². The molecule has 1 aromatic heterocycles. The van der Waals surface area contributed by atoms with E-state index in [2.05, 4.69) is 20.9 Å². The van der Waals surface area contributed by atoms with Gasteiger partial charge in [0.25, 0.3) is 0 Å². The lowest BCUT2D eigenvalue weighted by Crippen LogP contribution is -2.14. The van der Waals surface area contributed by atoms with Crippen molar-refractivity contribution in [2.45, 2.75) is 19.4 Å². The molecule has 2 N–H and O–H groups in total. The summed E-state index contributed by atoms with van der Waals surface area (Å²) in [5.41, 5.74) is 9.03. The first-order valence-electron chi connectivity index (χ1n) is 5.67. The summed E-state index contributed by atoms with van der Waals surface area (Å²) in [4.78, 5) is 4.12. The zero-order valence-electron chi connectivity index (χ0n) is 10.0. The molecule has 0 spiro atoms. The van der Waals surface area contributed by atoms with E-state index in [4.69, 9.17) is 5.73 Å². The lowest BCUT2D eigenvalue weighted by molar-refractivity contribution is 0.621. The molecule has 0 fully saturated rings. The maximum atomic E-state index is 13.2. The largest absolute Gasteiger partial charge is 0.324 e. The number of hydrogen-bond donors (Lipinski definition) is 1. The van der Waals surface area contributed by atoms with Gasteiger partial charge in [0, 0.05) is 22.9 Å². The molecule has 2 rings (SSSR count). The van der Waals surface area contributed by atoms with Gasteiger partial charge >= 0.3 is 0 Å². The van der Waals surface area contributed by atoms with Crippen LogP contribution in [0.15, 0.2) is 41.1 Å². The van der Waals surface area contributed by atoms with Crippen molar-refractivity contribution in [3.05, 3.63) is 63.6 Å². The van der Waals surface area contributed by atoms with Crippen molar-refractivity contribution in [3.63, 3.8) is 0 Å². The van der Waals surface area contributed by atoms with E-state index in [9.17, 15) is 4.39 Å². The lowest BCUT2D eigenvalue weighted by Gasteiger charge is -2.13. The molecule has 0 amide bonds. The average molecular weight is 309 g/mol. The van der Waals surface area contributed by atoms with Gasteiger partial charge in [-0.2, -0.15) is 0 Å². The first kappa shape index (κ1) is 13.2. The van der Waals surface area contributed by atoms with E-state index < -0.39 is 0 Å². The zero-order chi connectivity index (χ0) is 13.1. The Morgan fingerprint density at radius 1 is 1.33 bits per heavy atom. The minimum Gasteiger partial charge on any atom is -0.324 e. The number of rotatable bonds is 3. The molecule has 18 heavy (non-hydrogen) atoms. The molecule has 1 aromatic carbocycles. The zero-order valence-corrected chi connectivity index (χ0v) is 11.6. The molecule has 94 valence electrons. The van der Waals surface area contributed by atoms with Crippen molar-refractivity contribution in [2.75, 3.05) is 0 Å². The van der Waals surface area contributed by atoms with Crippen LogP contribution >= 0.6 is 15.9 Å². The van der Waals surface area contributed by atoms with Crippen LogP contribution in [-0.4, -0.2) is 4.98 Å². The van der Waals surface area contributed by atoms with Gasteiger partial charge in [0.2, 0.25) is 0 Å². The van der Waals surface area contributed by atoms with Crippen molar-refractivity contribution < 1.29 is 4.39 Å². The highest BCUT2D eigenvalue weighted by molar-refractivity contribution is 9.10. The number of aromatic nitrogens is 1. The predicted molar refractivity (Wildman–Crippen MR) is 73.7 cm³/mol. The van der Waals surface area contributed by atoms with Gasteiger partial charge in [0.15, 0.2) is 0 Å². The fraction of sp³-hybridized carbons (Fsp3) is 0.214. The molecule has 4 heteroatoms. The monoisotopic (exact) mass is 308 g/mol. The quantitative estimate of drug-likeness (QED) is 0.942. The third-order valence-electron chi connectivity index (χ3n) is 2.77. The summed E-state index contributed by atoms with van der Waals surface area (Å²) in [6.07, 6.45) is 4.11. The first-order valence-corrected chi connectivity index (χ1v) is 6.46. The summed E-state index contributed by atoms with van der Waals surface area (Å²) in [5.74, 6) is -0.247. The minimum absolute atomic E-state index is 0.185. The molecule has 1 atom stereocenters. The van der Waals surface area contributed by atoms with Crippen molar-refractivity contribution in [1.29, 1.82) is 0 Å². The van der Waals surface area contributed by atoms with Crippen LogP contribution in [0.25, 0.3) is 0 Å². The molecule has 2 aromatic rings. The Morgan fingerprint density at radius 2 is 2.11 bits per heavy atom. The third-order valence-corrected chi connectivity index (χ3v) is 3.55. The summed E-state index contributed by atoms with van der Waals surface area (Å²) >= 11 is 3.41. The SMILES string of the molecule is Cc1cncc(C(N)Cc2cc(F)ccc2Br)c1. The summed E-state index contributed by atoms with van der Waals surface area (Å²) < 4.78 is 14.1. The van der Waals surface area contributed by atoms with E-state index in [0.717, 1.165) is 21.2 Å². The molecule has 0 saturated carbocycles. The minimum atomic E-state index is -0.247. The first-order chi connectivity index (χ1) is 8.56. The number of benzene rings is 1. The summed E-state index contributed by atoms with van der Waals surface area (Å²) in [6, 6.07) is 6.45. The molecule has 0 aliphatic heterocycles. The second-order valence-electron chi connectivity index (χ2n) is 4.34. The fourth-order valence-corrected chi connectivity index (χ4v) is 2.24. The van der Waals surface area contributed by atoms with E-state index in [0.29, 0.717) is 6.42 Å². The van der Waals surface area contributed by atoms with Crippen LogP contribution in [0.2, 0.25) is 0 Å². The van der Waals surface area contributed by atoms with E-state index in [1.807, 2.05) is 13.0 Å². The Morgan fingerprint density at radius 3 is 2.83 bits per heavy atom. The second kappa shape index (κ2) is 5.59. The molecular weight excluding hydrogens is 295 g/mol. The maximum Gasteiger partial charge on any atom is 0.123 e. The molecule has 0 radical (unpaired) electrons. The van der Waals surface area contributed by atoms with Crippen LogP contribution in [0.5, 0.6) is 0 Å². The highest BCUT2D eigenvalue weighted by Gasteiger charge is 2.10. The molecule has 1 heterocycles. The maximum absolute atomic E-state index is 13.2. The summed E-state index contributed by atoms with van der Waals surface area (Å²) in [6.45, 7) is 1.97. The molecule has 1 unspecified atom stereocenters. The van der Waals surface area contributed by atoms with E-state index in [1.54, 1.807) is 18.5 Å². The smallest absolute Gasteiger partial charge is 0.123 e. The van der Waals surface area contributed by atoms with Crippen molar-refractivity contribution in [3.8, 4) is 0 Å². The van der Waals surface area contributed by atoms with Gasteiger partial charge in [-0.05, 0) is 48.2 Å². The van der Waals surface area contributed by atoms with Crippen molar-refractivity contribution >= 4 is 15.9 Å². The van der Waals surface area contributed by atoms with Gasteiger partial charge in [-0.15, -0.1) is 0 Å². The number of nitrogens with zero attached hydrogens (tertiary/aromatic N) is 1. The van der Waals surface area contributed by atoms with E-state index in [1.165, 1.54) is 12.1 Å². The highest BCUT2D eigenvalue weighted by Crippen LogP contribution is 2.23. The molecule has 0 aliphatic rings. The van der Waals surface area contributed by atoms with Crippen LogP contribution in [0, 0.1) is 12.7 Å². The molecular formula is C14H14BrFN2. The fourth-order valence-electron chi connectivity index (χ4n) is 1.84. The molecule has 0 bridgehead atoms.